The molecule has 0 aliphatic carbocycles. The van der Waals surface area contributed by atoms with Crippen molar-refractivity contribution in [1.29, 1.82) is 0 Å². The minimum absolute atomic E-state index is 0.0938. The zero-order valence-corrected chi connectivity index (χ0v) is 11.0. The molecule has 21 heavy (non-hydrogen) atoms. The first kappa shape index (κ1) is 13.1. The van der Waals surface area contributed by atoms with Gasteiger partial charge >= 0.3 is 5.63 Å². The van der Waals surface area contributed by atoms with E-state index >= 15 is 0 Å². The zero-order valence-electron chi connectivity index (χ0n) is 11.0. The predicted octanol–water partition coefficient (Wildman–Crippen LogP) is 4.19. The Balaban J connectivity index is 2.05. The van der Waals surface area contributed by atoms with Crippen LogP contribution in [0.1, 0.15) is 0 Å². The minimum Gasteiger partial charge on any atom is -0.420 e. The third-order valence-electron chi connectivity index (χ3n) is 3.00. The summed E-state index contributed by atoms with van der Waals surface area (Å²) in [5.74, 6) is -0.612. The molecule has 0 bridgehead atoms. The maximum atomic E-state index is 13.9. The quantitative estimate of drug-likeness (QED) is 0.782. The van der Waals surface area contributed by atoms with Gasteiger partial charge in [-0.3, -0.25) is 0 Å². The Bertz CT molecular complexity index is 798. The Kier molecular flexibility index (Phi) is 3.51. The summed E-state index contributed by atoms with van der Waals surface area (Å²) < 4.78 is 18.9. The highest BCUT2D eigenvalue weighted by Crippen LogP contribution is 2.24. The van der Waals surface area contributed by atoms with Crippen LogP contribution in [0, 0.1) is 5.82 Å². The Morgan fingerprint density at radius 2 is 1.52 bits per heavy atom. The average Bonchev–Trinajstić information content (AvgIpc) is 2.53. The Morgan fingerprint density at radius 3 is 2.19 bits per heavy atom. The van der Waals surface area contributed by atoms with Gasteiger partial charge in [-0.2, -0.15) is 4.39 Å². The van der Waals surface area contributed by atoms with Crippen LogP contribution < -0.4 is 10.9 Å². The van der Waals surface area contributed by atoms with Gasteiger partial charge in [-0.05, 0) is 12.1 Å². The molecule has 0 saturated heterocycles. The van der Waals surface area contributed by atoms with Crippen molar-refractivity contribution < 1.29 is 8.81 Å². The lowest BCUT2D eigenvalue weighted by atomic mass is 10.1. The second-order valence-electron chi connectivity index (χ2n) is 4.48. The van der Waals surface area contributed by atoms with Crippen LogP contribution in [0.2, 0.25) is 0 Å². The maximum Gasteiger partial charge on any atom is 0.374 e. The highest BCUT2D eigenvalue weighted by Gasteiger charge is 2.12. The summed E-state index contributed by atoms with van der Waals surface area (Å²) in [5, 5.41) is 2.89. The van der Waals surface area contributed by atoms with Gasteiger partial charge in [-0.15, -0.1) is 0 Å². The number of halogens is 1. The summed E-state index contributed by atoms with van der Waals surface area (Å²) in [6.07, 6.45) is 0. The SMILES string of the molecule is O=c1oc(-c2ccccc2)cc(Nc2ccccc2)c1F. The van der Waals surface area contributed by atoms with Gasteiger partial charge in [-0.25, -0.2) is 4.79 Å². The Labute approximate surface area is 120 Å². The van der Waals surface area contributed by atoms with Crippen LogP contribution in [0.15, 0.2) is 75.9 Å². The van der Waals surface area contributed by atoms with Crippen LogP contribution >= 0.6 is 0 Å². The van der Waals surface area contributed by atoms with E-state index in [9.17, 15) is 9.18 Å². The van der Waals surface area contributed by atoms with Crippen LogP contribution in [0.25, 0.3) is 11.3 Å². The third kappa shape index (κ3) is 2.84. The molecule has 104 valence electrons. The summed E-state index contributed by atoms with van der Waals surface area (Å²) in [7, 11) is 0. The number of hydrogen-bond acceptors (Lipinski definition) is 3. The third-order valence-corrected chi connectivity index (χ3v) is 3.00. The van der Waals surface area contributed by atoms with Gasteiger partial charge in [0, 0.05) is 17.3 Å². The lowest BCUT2D eigenvalue weighted by molar-refractivity contribution is 0.466. The Hall–Kier alpha value is -2.88. The molecule has 1 N–H and O–H groups in total. The van der Waals surface area contributed by atoms with Crippen molar-refractivity contribution in [3.05, 3.63) is 83.0 Å². The summed E-state index contributed by atoms with van der Waals surface area (Å²) in [4.78, 5) is 11.6. The lowest BCUT2D eigenvalue weighted by Crippen LogP contribution is -2.09. The van der Waals surface area contributed by atoms with Crippen LogP contribution in [0.4, 0.5) is 15.8 Å². The summed E-state index contributed by atoms with van der Waals surface area (Å²) in [6.45, 7) is 0. The first-order valence-electron chi connectivity index (χ1n) is 6.45. The fourth-order valence-electron chi connectivity index (χ4n) is 1.99. The van der Waals surface area contributed by atoms with Gasteiger partial charge in [0.2, 0.25) is 5.82 Å². The second-order valence-corrected chi connectivity index (χ2v) is 4.48. The molecule has 0 fully saturated rings. The fraction of sp³-hybridized carbons (Fsp3) is 0. The smallest absolute Gasteiger partial charge is 0.374 e. The molecule has 0 atom stereocenters. The number of hydrogen-bond donors (Lipinski definition) is 1. The molecule has 0 amide bonds. The van der Waals surface area contributed by atoms with E-state index in [1.807, 2.05) is 36.4 Å². The van der Waals surface area contributed by atoms with E-state index in [2.05, 4.69) is 5.32 Å². The fourth-order valence-corrected chi connectivity index (χ4v) is 1.99. The van der Waals surface area contributed by atoms with Gasteiger partial charge in [0.1, 0.15) is 5.76 Å². The molecular weight excluding hydrogens is 269 g/mol. The van der Waals surface area contributed by atoms with Gasteiger partial charge in [0.15, 0.2) is 0 Å². The molecule has 3 rings (SSSR count). The van der Waals surface area contributed by atoms with E-state index in [0.717, 1.165) is 0 Å². The van der Waals surface area contributed by atoms with Gasteiger partial charge in [0.25, 0.3) is 0 Å². The van der Waals surface area contributed by atoms with Crippen molar-refractivity contribution in [2.24, 2.45) is 0 Å². The predicted molar refractivity (Wildman–Crippen MR) is 80.1 cm³/mol. The average molecular weight is 281 g/mol. The van der Waals surface area contributed by atoms with Crippen LogP contribution in [0.3, 0.4) is 0 Å². The van der Waals surface area contributed by atoms with E-state index < -0.39 is 11.4 Å². The molecular formula is C17H12FNO2. The number of nitrogens with one attached hydrogen (secondary N) is 1. The van der Waals surface area contributed by atoms with Gasteiger partial charge in [-0.1, -0.05) is 48.5 Å². The number of rotatable bonds is 3. The van der Waals surface area contributed by atoms with Crippen molar-refractivity contribution in [2.75, 3.05) is 5.32 Å². The second kappa shape index (κ2) is 5.63. The monoisotopic (exact) mass is 281 g/mol. The van der Waals surface area contributed by atoms with Crippen LogP contribution in [0.5, 0.6) is 0 Å². The van der Waals surface area contributed by atoms with E-state index in [-0.39, 0.29) is 5.69 Å². The molecule has 0 aliphatic heterocycles. The van der Waals surface area contributed by atoms with Gasteiger partial charge < -0.3 is 9.73 Å². The molecule has 1 aromatic heterocycles. The molecule has 0 unspecified atom stereocenters. The zero-order chi connectivity index (χ0) is 14.7. The summed E-state index contributed by atoms with van der Waals surface area (Å²) in [5.41, 5.74) is 0.512. The minimum atomic E-state index is -0.991. The van der Waals surface area contributed by atoms with Crippen molar-refractivity contribution >= 4 is 11.4 Å². The molecule has 2 aromatic carbocycles. The van der Waals surface area contributed by atoms with Crippen molar-refractivity contribution in [2.45, 2.75) is 0 Å². The van der Waals surface area contributed by atoms with Crippen molar-refractivity contribution in [3.8, 4) is 11.3 Å². The maximum absolute atomic E-state index is 13.9. The Morgan fingerprint density at radius 1 is 0.905 bits per heavy atom. The molecule has 0 saturated carbocycles. The topological polar surface area (TPSA) is 42.2 Å². The summed E-state index contributed by atoms with van der Waals surface area (Å²) >= 11 is 0. The van der Waals surface area contributed by atoms with E-state index in [1.54, 1.807) is 24.3 Å². The van der Waals surface area contributed by atoms with E-state index in [1.165, 1.54) is 6.07 Å². The standard InChI is InChI=1S/C17H12FNO2/c18-16-14(19-13-9-5-2-6-10-13)11-15(21-17(16)20)12-7-3-1-4-8-12/h1-11,19H. The lowest BCUT2D eigenvalue weighted by Gasteiger charge is -2.08. The molecule has 0 aliphatic rings. The molecule has 4 heteroatoms. The molecule has 3 nitrogen and oxygen atoms in total. The first-order chi connectivity index (χ1) is 10.2. The number of anilines is 2. The molecule has 0 radical (unpaired) electrons. The molecule has 1 heterocycles. The highest BCUT2D eigenvalue weighted by molar-refractivity contribution is 5.66. The largest absolute Gasteiger partial charge is 0.420 e. The normalized spacial score (nSPS) is 10.3. The van der Waals surface area contributed by atoms with Crippen molar-refractivity contribution in [3.63, 3.8) is 0 Å². The number of para-hydroxylation sites is 1. The van der Waals surface area contributed by atoms with E-state index in [4.69, 9.17) is 4.42 Å². The first-order valence-corrected chi connectivity index (χ1v) is 6.45. The van der Waals surface area contributed by atoms with Gasteiger partial charge in [0.05, 0.1) is 5.69 Å². The van der Waals surface area contributed by atoms with Crippen LogP contribution in [-0.4, -0.2) is 0 Å². The number of benzene rings is 2. The van der Waals surface area contributed by atoms with E-state index in [0.29, 0.717) is 17.0 Å². The van der Waals surface area contributed by atoms with Crippen LogP contribution in [-0.2, 0) is 0 Å². The van der Waals surface area contributed by atoms with Crippen molar-refractivity contribution in [1.82, 2.24) is 0 Å². The highest BCUT2D eigenvalue weighted by atomic mass is 19.1. The summed E-state index contributed by atoms with van der Waals surface area (Å²) in [6, 6.07) is 19.7. The molecule has 3 aromatic rings. The molecule has 0 spiro atoms.